The van der Waals surface area contributed by atoms with Crippen LogP contribution in [0.5, 0.6) is 5.75 Å². The van der Waals surface area contributed by atoms with Crippen LogP contribution in [0.15, 0.2) is 53.4 Å². The van der Waals surface area contributed by atoms with Crippen molar-refractivity contribution in [3.05, 3.63) is 48.5 Å². The van der Waals surface area contributed by atoms with E-state index in [-0.39, 0.29) is 4.90 Å². The fraction of sp³-hybridized carbons (Fsp3) is 0.429. The van der Waals surface area contributed by atoms with E-state index in [9.17, 15) is 8.42 Å². The first-order valence-corrected chi connectivity index (χ1v) is 11.2. The van der Waals surface area contributed by atoms with Crippen molar-refractivity contribution in [2.45, 2.75) is 56.4 Å². The Balaban J connectivity index is 1.62. The minimum absolute atomic E-state index is 0.214. The lowest BCUT2D eigenvalue weighted by Crippen LogP contribution is -2.18. The van der Waals surface area contributed by atoms with Crippen molar-refractivity contribution in [2.75, 3.05) is 16.6 Å². The minimum atomic E-state index is -3.62. The SMILES string of the molecule is CCOc1ccc(S(=O)(=O)Nc2ccc(NC3CCCCCC3)cc2)cc1. The maximum atomic E-state index is 12.5. The molecular formula is C21H28N2O3S. The fourth-order valence-corrected chi connectivity index (χ4v) is 4.45. The van der Waals surface area contributed by atoms with Gasteiger partial charge in [-0.2, -0.15) is 0 Å². The van der Waals surface area contributed by atoms with Crippen molar-refractivity contribution in [1.29, 1.82) is 0 Å². The first-order valence-electron chi connectivity index (χ1n) is 9.69. The summed E-state index contributed by atoms with van der Waals surface area (Å²) in [5.41, 5.74) is 1.58. The maximum absolute atomic E-state index is 12.5. The van der Waals surface area contributed by atoms with E-state index in [1.54, 1.807) is 36.4 Å². The number of ether oxygens (including phenoxy) is 1. The van der Waals surface area contributed by atoms with Crippen LogP contribution in [0.25, 0.3) is 0 Å². The molecule has 1 fully saturated rings. The zero-order valence-corrected chi connectivity index (χ0v) is 16.6. The Hall–Kier alpha value is -2.21. The highest BCUT2D eigenvalue weighted by Gasteiger charge is 2.15. The quantitative estimate of drug-likeness (QED) is 0.654. The van der Waals surface area contributed by atoms with Crippen LogP contribution in [-0.2, 0) is 10.0 Å². The van der Waals surface area contributed by atoms with Crippen molar-refractivity contribution in [2.24, 2.45) is 0 Å². The number of benzene rings is 2. The summed E-state index contributed by atoms with van der Waals surface area (Å²) in [5, 5.41) is 3.57. The van der Waals surface area contributed by atoms with E-state index in [2.05, 4.69) is 10.0 Å². The van der Waals surface area contributed by atoms with Gasteiger partial charge in [0.05, 0.1) is 11.5 Å². The third-order valence-electron chi connectivity index (χ3n) is 4.81. The van der Waals surface area contributed by atoms with Gasteiger partial charge in [-0.1, -0.05) is 25.7 Å². The van der Waals surface area contributed by atoms with Gasteiger partial charge in [-0.15, -0.1) is 0 Å². The van der Waals surface area contributed by atoms with Gasteiger partial charge in [0.15, 0.2) is 0 Å². The number of hydrogen-bond acceptors (Lipinski definition) is 4. The van der Waals surface area contributed by atoms with E-state index in [0.717, 1.165) is 5.69 Å². The molecule has 1 saturated carbocycles. The average molecular weight is 389 g/mol. The summed E-state index contributed by atoms with van der Waals surface area (Å²) in [6, 6.07) is 14.4. The monoisotopic (exact) mass is 388 g/mol. The summed E-state index contributed by atoms with van der Waals surface area (Å²) in [5.74, 6) is 0.658. The molecule has 0 amide bonds. The third-order valence-corrected chi connectivity index (χ3v) is 6.21. The lowest BCUT2D eigenvalue weighted by molar-refractivity contribution is 0.340. The largest absolute Gasteiger partial charge is 0.494 e. The molecule has 6 heteroatoms. The van der Waals surface area contributed by atoms with Crippen molar-refractivity contribution in [3.63, 3.8) is 0 Å². The van der Waals surface area contributed by atoms with E-state index >= 15 is 0 Å². The zero-order chi connectivity index (χ0) is 19.1. The Morgan fingerprint density at radius 3 is 2.07 bits per heavy atom. The molecule has 0 atom stereocenters. The Morgan fingerprint density at radius 2 is 1.48 bits per heavy atom. The van der Waals surface area contributed by atoms with Crippen LogP contribution < -0.4 is 14.8 Å². The second-order valence-electron chi connectivity index (χ2n) is 6.92. The highest BCUT2D eigenvalue weighted by molar-refractivity contribution is 7.92. The third kappa shape index (κ3) is 5.63. The van der Waals surface area contributed by atoms with Crippen LogP contribution in [0.2, 0.25) is 0 Å². The molecule has 1 aliphatic rings. The molecule has 0 heterocycles. The normalized spacial score (nSPS) is 15.7. The molecule has 1 aliphatic carbocycles. The number of rotatable bonds is 7. The molecule has 3 rings (SSSR count). The van der Waals surface area contributed by atoms with Gasteiger partial charge in [-0.25, -0.2) is 8.42 Å². The van der Waals surface area contributed by atoms with Gasteiger partial charge in [-0.3, -0.25) is 4.72 Å². The van der Waals surface area contributed by atoms with Gasteiger partial charge in [0.2, 0.25) is 0 Å². The van der Waals surface area contributed by atoms with Crippen molar-refractivity contribution >= 4 is 21.4 Å². The van der Waals surface area contributed by atoms with Gasteiger partial charge in [-0.05, 0) is 68.3 Å². The van der Waals surface area contributed by atoms with Crippen LogP contribution in [0.1, 0.15) is 45.4 Å². The predicted octanol–water partition coefficient (Wildman–Crippen LogP) is 5.02. The zero-order valence-electron chi connectivity index (χ0n) is 15.8. The van der Waals surface area contributed by atoms with Gasteiger partial charge in [0.1, 0.15) is 5.75 Å². The van der Waals surface area contributed by atoms with Crippen LogP contribution in [0, 0.1) is 0 Å². The van der Waals surface area contributed by atoms with Gasteiger partial charge in [0.25, 0.3) is 10.0 Å². The number of anilines is 2. The van der Waals surface area contributed by atoms with E-state index in [1.807, 2.05) is 19.1 Å². The Morgan fingerprint density at radius 1 is 0.889 bits per heavy atom. The molecule has 2 aromatic carbocycles. The first-order chi connectivity index (χ1) is 13.1. The number of nitrogens with one attached hydrogen (secondary N) is 2. The van der Waals surface area contributed by atoms with Gasteiger partial charge < -0.3 is 10.1 Å². The summed E-state index contributed by atoms with van der Waals surface area (Å²) in [6.45, 7) is 2.44. The predicted molar refractivity (Wildman–Crippen MR) is 110 cm³/mol. The minimum Gasteiger partial charge on any atom is -0.494 e. The lowest BCUT2D eigenvalue weighted by atomic mass is 10.1. The topological polar surface area (TPSA) is 67.4 Å². The number of hydrogen-bond donors (Lipinski definition) is 2. The molecule has 0 radical (unpaired) electrons. The van der Waals surface area contributed by atoms with Crippen LogP contribution in [0.3, 0.4) is 0 Å². The molecule has 0 aromatic heterocycles. The smallest absolute Gasteiger partial charge is 0.261 e. The molecule has 2 N–H and O–H groups in total. The van der Waals surface area contributed by atoms with Crippen molar-refractivity contribution in [3.8, 4) is 5.75 Å². The molecule has 27 heavy (non-hydrogen) atoms. The molecular weight excluding hydrogens is 360 g/mol. The lowest BCUT2D eigenvalue weighted by Gasteiger charge is -2.18. The Bertz CT molecular complexity index is 810. The fourth-order valence-electron chi connectivity index (χ4n) is 3.39. The van der Waals surface area contributed by atoms with Gasteiger partial charge >= 0.3 is 0 Å². The molecule has 146 valence electrons. The average Bonchev–Trinajstić information content (AvgIpc) is 2.93. The van der Waals surface area contributed by atoms with Crippen LogP contribution in [0.4, 0.5) is 11.4 Å². The maximum Gasteiger partial charge on any atom is 0.261 e. The molecule has 0 bridgehead atoms. The highest BCUT2D eigenvalue weighted by Crippen LogP contribution is 2.23. The first kappa shape index (κ1) is 19.5. The standard InChI is InChI=1S/C21H28N2O3S/c1-2-26-20-13-15-21(16-14-20)27(24,25)23-19-11-9-18(10-12-19)22-17-7-5-3-4-6-8-17/h9-17,22-23H,2-8H2,1H3. The second kappa shape index (κ2) is 9.13. The Labute approximate surface area is 162 Å². The molecule has 0 saturated heterocycles. The molecule has 2 aromatic rings. The molecule has 0 aliphatic heterocycles. The molecule has 0 spiro atoms. The van der Waals surface area contributed by atoms with Crippen molar-refractivity contribution in [1.82, 2.24) is 0 Å². The molecule has 5 nitrogen and oxygen atoms in total. The summed E-state index contributed by atoms with van der Waals surface area (Å²) in [4.78, 5) is 0.214. The van der Waals surface area contributed by atoms with E-state index in [4.69, 9.17) is 4.74 Å². The van der Waals surface area contributed by atoms with E-state index < -0.39 is 10.0 Å². The van der Waals surface area contributed by atoms with E-state index in [0.29, 0.717) is 24.1 Å². The van der Waals surface area contributed by atoms with Crippen molar-refractivity contribution < 1.29 is 13.2 Å². The number of sulfonamides is 1. The summed E-state index contributed by atoms with van der Waals surface area (Å²) in [6.07, 6.45) is 7.60. The second-order valence-corrected chi connectivity index (χ2v) is 8.60. The summed E-state index contributed by atoms with van der Waals surface area (Å²) in [7, 11) is -3.62. The summed E-state index contributed by atoms with van der Waals surface area (Å²) < 4.78 is 33.1. The van der Waals surface area contributed by atoms with E-state index in [1.165, 1.54) is 38.5 Å². The Kier molecular flexibility index (Phi) is 6.61. The highest BCUT2D eigenvalue weighted by atomic mass is 32.2. The van der Waals surface area contributed by atoms with Crippen LogP contribution in [-0.4, -0.2) is 21.1 Å². The summed E-state index contributed by atoms with van der Waals surface area (Å²) >= 11 is 0. The van der Waals surface area contributed by atoms with Crippen LogP contribution >= 0.6 is 0 Å². The van der Waals surface area contributed by atoms with Gasteiger partial charge in [0, 0.05) is 17.4 Å². The molecule has 0 unspecified atom stereocenters.